The summed E-state index contributed by atoms with van der Waals surface area (Å²) in [6, 6.07) is 2.77. The van der Waals surface area contributed by atoms with Gasteiger partial charge in [-0.25, -0.2) is 19.2 Å². The van der Waals surface area contributed by atoms with Crippen molar-refractivity contribution in [3.05, 3.63) is 36.0 Å². The topological polar surface area (TPSA) is 119 Å². The van der Waals surface area contributed by atoms with Crippen molar-refractivity contribution >= 4 is 23.0 Å². The smallest absolute Gasteiger partial charge is 0.410 e. The van der Waals surface area contributed by atoms with E-state index in [1.165, 1.54) is 19.5 Å². The van der Waals surface area contributed by atoms with Gasteiger partial charge in [0, 0.05) is 37.0 Å². The third-order valence-electron chi connectivity index (χ3n) is 6.87. The molecule has 39 heavy (non-hydrogen) atoms. The van der Waals surface area contributed by atoms with Gasteiger partial charge in [-0.3, -0.25) is 4.79 Å². The molecule has 0 bridgehead atoms. The molecule has 2 N–H and O–H groups in total. The van der Waals surface area contributed by atoms with Crippen LogP contribution >= 0.6 is 0 Å². The maximum atomic E-state index is 14.5. The van der Waals surface area contributed by atoms with Gasteiger partial charge in [0.05, 0.1) is 24.8 Å². The number of benzene rings is 1. The zero-order valence-corrected chi connectivity index (χ0v) is 22.7. The number of likely N-dealkylation sites (tertiary alicyclic amines) is 1. The van der Waals surface area contributed by atoms with E-state index in [-0.39, 0.29) is 23.8 Å². The third kappa shape index (κ3) is 6.07. The number of piperidine rings is 1. The Morgan fingerprint density at radius 3 is 2.54 bits per heavy atom. The Morgan fingerprint density at radius 1 is 1.13 bits per heavy atom. The Hall–Kier alpha value is -3.89. The summed E-state index contributed by atoms with van der Waals surface area (Å²) in [6.07, 6.45) is 6.06. The zero-order chi connectivity index (χ0) is 27.7. The van der Waals surface area contributed by atoms with Gasteiger partial charge >= 0.3 is 6.09 Å². The van der Waals surface area contributed by atoms with E-state index in [4.69, 9.17) is 14.2 Å². The van der Waals surface area contributed by atoms with Crippen LogP contribution in [0.1, 0.15) is 56.8 Å². The standard InChI is InChI=1S/C28H34FN5O5/c1-28(2,3)39-27(36)34-9-7-17(8-10-34)33-26(35)19-13-30-25-23(31-15-32-24(19)25)18-11-22(37-4)20(29)12-21(18)38-14-16-5-6-16/h11-13,15-17,30H,5-10,14H2,1-4H3,(H,33,35). The van der Waals surface area contributed by atoms with Gasteiger partial charge < -0.3 is 29.4 Å². The molecule has 1 saturated carbocycles. The van der Waals surface area contributed by atoms with Crippen LogP contribution < -0.4 is 14.8 Å². The Balaban J connectivity index is 1.33. The summed E-state index contributed by atoms with van der Waals surface area (Å²) < 4.78 is 31.2. The third-order valence-corrected chi connectivity index (χ3v) is 6.87. The number of aromatic amines is 1. The van der Waals surface area contributed by atoms with E-state index in [0.29, 0.717) is 72.1 Å². The first-order chi connectivity index (χ1) is 18.6. The van der Waals surface area contributed by atoms with Gasteiger partial charge in [-0.2, -0.15) is 0 Å². The molecule has 10 nitrogen and oxygen atoms in total. The predicted molar refractivity (Wildman–Crippen MR) is 142 cm³/mol. The van der Waals surface area contributed by atoms with Crippen molar-refractivity contribution in [2.45, 2.75) is 58.1 Å². The number of rotatable bonds is 7. The summed E-state index contributed by atoms with van der Waals surface area (Å²) in [7, 11) is 1.40. The van der Waals surface area contributed by atoms with E-state index in [2.05, 4.69) is 20.3 Å². The molecule has 1 aliphatic heterocycles. The first kappa shape index (κ1) is 26.7. The first-order valence-corrected chi connectivity index (χ1v) is 13.2. The number of hydrogen-bond acceptors (Lipinski definition) is 7. The molecule has 0 radical (unpaired) electrons. The average Bonchev–Trinajstić information content (AvgIpc) is 3.62. The van der Waals surface area contributed by atoms with Gasteiger partial charge in [0.2, 0.25) is 0 Å². The minimum Gasteiger partial charge on any atom is -0.494 e. The number of nitrogens with zero attached hydrogens (tertiary/aromatic N) is 3. The van der Waals surface area contributed by atoms with E-state index in [9.17, 15) is 14.0 Å². The number of ether oxygens (including phenoxy) is 3. The maximum Gasteiger partial charge on any atom is 0.410 e. The van der Waals surface area contributed by atoms with Crippen LogP contribution in [0, 0.1) is 11.7 Å². The second-order valence-corrected chi connectivity index (χ2v) is 11.1. The maximum absolute atomic E-state index is 14.5. The van der Waals surface area contributed by atoms with Crippen LogP contribution in [0.25, 0.3) is 22.3 Å². The number of H-pyrrole nitrogens is 1. The number of carbonyl (C=O) groups is 2. The number of halogens is 1. The summed E-state index contributed by atoms with van der Waals surface area (Å²) in [4.78, 5) is 39.2. The van der Waals surface area contributed by atoms with Crippen molar-refractivity contribution in [2.75, 3.05) is 26.8 Å². The minimum atomic E-state index is -0.554. The number of hydrogen-bond donors (Lipinski definition) is 2. The van der Waals surface area contributed by atoms with Crippen LogP contribution in [0.5, 0.6) is 11.5 Å². The second-order valence-electron chi connectivity index (χ2n) is 11.1. The Kier molecular flexibility index (Phi) is 7.33. The highest BCUT2D eigenvalue weighted by atomic mass is 19.1. The Morgan fingerprint density at radius 2 is 1.87 bits per heavy atom. The van der Waals surface area contributed by atoms with E-state index in [0.717, 1.165) is 12.8 Å². The number of aromatic nitrogens is 3. The molecule has 0 unspecified atom stereocenters. The normalized spacial score (nSPS) is 16.3. The zero-order valence-electron chi connectivity index (χ0n) is 22.7. The summed E-state index contributed by atoms with van der Waals surface area (Å²) >= 11 is 0. The van der Waals surface area contributed by atoms with Crippen molar-refractivity contribution in [1.82, 2.24) is 25.2 Å². The molecule has 2 amide bonds. The molecular weight excluding hydrogens is 505 g/mol. The van der Waals surface area contributed by atoms with Crippen molar-refractivity contribution in [1.29, 1.82) is 0 Å². The molecule has 1 aromatic carbocycles. The lowest BCUT2D eigenvalue weighted by Crippen LogP contribution is -2.47. The minimum absolute atomic E-state index is 0.0674. The van der Waals surface area contributed by atoms with Crippen molar-refractivity contribution < 1.29 is 28.2 Å². The summed E-state index contributed by atoms with van der Waals surface area (Å²) in [6.45, 7) is 7.00. The largest absolute Gasteiger partial charge is 0.494 e. The molecule has 3 aromatic rings. The lowest BCUT2D eigenvalue weighted by Gasteiger charge is -2.33. The number of amides is 2. The lowest BCUT2D eigenvalue weighted by molar-refractivity contribution is 0.0199. The average molecular weight is 540 g/mol. The molecular formula is C28H34FN5O5. The van der Waals surface area contributed by atoms with E-state index in [1.54, 1.807) is 17.2 Å². The quantitative estimate of drug-likeness (QED) is 0.447. The molecule has 3 heterocycles. The van der Waals surface area contributed by atoms with Crippen molar-refractivity contribution in [3.63, 3.8) is 0 Å². The van der Waals surface area contributed by atoms with Crippen LogP contribution in [0.3, 0.4) is 0 Å². The van der Waals surface area contributed by atoms with Gasteiger partial charge in [-0.15, -0.1) is 0 Å². The van der Waals surface area contributed by atoms with E-state index < -0.39 is 11.4 Å². The fraction of sp³-hybridized carbons (Fsp3) is 0.500. The summed E-state index contributed by atoms with van der Waals surface area (Å²) in [5, 5.41) is 3.06. The Bertz CT molecular complexity index is 1370. The van der Waals surface area contributed by atoms with Gasteiger partial charge in [0.1, 0.15) is 28.9 Å². The van der Waals surface area contributed by atoms with Crippen molar-refractivity contribution in [3.8, 4) is 22.8 Å². The number of fused-ring (bicyclic) bond motifs is 1. The predicted octanol–water partition coefficient (Wildman–Crippen LogP) is 4.69. The van der Waals surface area contributed by atoms with Gasteiger partial charge in [-0.05, 0) is 58.4 Å². The molecule has 2 aromatic heterocycles. The highest BCUT2D eigenvalue weighted by Crippen LogP contribution is 2.39. The molecule has 1 saturated heterocycles. The van der Waals surface area contributed by atoms with Gasteiger partial charge in [-0.1, -0.05) is 0 Å². The first-order valence-electron chi connectivity index (χ1n) is 13.2. The highest BCUT2D eigenvalue weighted by Gasteiger charge is 2.29. The van der Waals surface area contributed by atoms with Crippen LogP contribution in [0.2, 0.25) is 0 Å². The molecule has 2 fully saturated rings. The van der Waals surface area contributed by atoms with E-state index in [1.807, 2.05) is 20.8 Å². The van der Waals surface area contributed by atoms with Crippen LogP contribution in [0.4, 0.5) is 9.18 Å². The highest BCUT2D eigenvalue weighted by molar-refractivity contribution is 6.08. The monoisotopic (exact) mass is 539 g/mol. The molecule has 1 aliphatic carbocycles. The molecule has 0 atom stereocenters. The molecule has 5 rings (SSSR count). The van der Waals surface area contributed by atoms with E-state index >= 15 is 0 Å². The summed E-state index contributed by atoms with van der Waals surface area (Å²) in [5.41, 5.74) is 1.82. The van der Waals surface area contributed by atoms with Gasteiger partial charge in [0.15, 0.2) is 11.6 Å². The number of carbonyl (C=O) groups excluding carboxylic acids is 2. The lowest BCUT2D eigenvalue weighted by atomic mass is 10.0. The molecule has 11 heteroatoms. The SMILES string of the molecule is COc1cc(-c2ncnc3c(C(=O)NC4CCN(C(=O)OC(C)(C)C)CC4)c[nH]c23)c(OCC2CC2)cc1F. The number of nitrogens with one attached hydrogen (secondary N) is 2. The Labute approximate surface area is 226 Å². The van der Waals surface area contributed by atoms with Crippen LogP contribution in [0.15, 0.2) is 24.7 Å². The fourth-order valence-electron chi connectivity index (χ4n) is 4.60. The summed E-state index contributed by atoms with van der Waals surface area (Å²) in [5.74, 6) is 0.102. The van der Waals surface area contributed by atoms with Crippen LogP contribution in [-0.4, -0.2) is 70.3 Å². The molecule has 2 aliphatic rings. The second kappa shape index (κ2) is 10.7. The van der Waals surface area contributed by atoms with Gasteiger partial charge in [0.25, 0.3) is 5.91 Å². The van der Waals surface area contributed by atoms with Crippen LogP contribution in [-0.2, 0) is 4.74 Å². The molecule has 0 spiro atoms. The molecule has 208 valence electrons. The number of methoxy groups -OCH3 is 1. The fourth-order valence-corrected chi connectivity index (χ4v) is 4.60. The van der Waals surface area contributed by atoms with Crippen molar-refractivity contribution in [2.24, 2.45) is 5.92 Å².